The molecule has 158 valence electrons. The largest absolute Gasteiger partial charge is 0.491 e. The lowest BCUT2D eigenvalue weighted by Crippen LogP contribution is -2.49. The van der Waals surface area contributed by atoms with Crippen LogP contribution < -0.4 is 15.4 Å². The number of piperazine rings is 1. The number of hydrogen-bond donors (Lipinski definition) is 2. The van der Waals surface area contributed by atoms with Crippen molar-refractivity contribution in [1.29, 1.82) is 0 Å². The van der Waals surface area contributed by atoms with E-state index in [0.717, 1.165) is 36.5 Å². The van der Waals surface area contributed by atoms with Gasteiger partial charge in [0, 0.05) is 51.7 Å². The Hall–Kier alpha value is -2.19. The van der Waals surface area contributed by atoms with Gasteiger partial charge < -0.3 is 20.1 Å². The van der Waals surface area contributed by atoms with Crippen molar-refractivity contribution in [1.82, 2.24) is 20.5 Å². The van der Waals surface area contributed by atoms with Crippen LogP contribution in [0.2, 0.25) is 0 Å². The van der Waals surface area contributed by atoms with Gasteiger partial charge in [-0.25, -0.2) is 0 Å². The van der Waals surface area contributed by atoms with Gasteiger partial charge in [-0.1, -0.05) is 18.2 Å². The number of hydrogen-bond acceptors (Lipinski definition) is 6. The summed E-state index contributed by atoms with van der Waals surface area (Å²) in [5, 5.41) is 6.41. The van der Waals surface area contributed by atoms with Crippen LogP contribution in [0.3, 0.4) is 0 Å². The summed E-state index contributed by atoms with van der Waals surface area (Å²) in [5.74, 6) is 0.823. The van der Waals surface area contributed by atoms with Crippen molar-refractivity contribution in [2.45, 2.75) is 12.6 Å². The average molecular weight is 421 g/mol. The first-order valence-electron chi connectivity index (χ1n) is 9.58. The molecule has 1 aliphatic rings. The molecule has 1 aromatic carbocycles. The molecule has 8 heteroatoms. The van der Waals surface area contributed by atoms with Gasteiger partial charge in [-0.15, -0.1) is 12.4 Å². The maximum atomic E-state index is 12.5. The second-order valence-corrected chi connectivity index (χ2v) is 6.74. The van der Waals surface area contributed by atoms with Gasteiger partial charge in [0.1, 0.15) is 12.4 Å². The van der Waals surface area contributed by atoms with E-state index in [4.69, 9.17) is 9.47 Å². The number of methoxy groups -OCH3 is 1. The fourth-order valence-corrected chi connectivity index (χ4v) is 3.22. The zero-order valence-corrected chi connectivity index (χ0v) is 17.5. The third kappa shape index (κ3) is 7.29. The van der Waals surface area contributed by atoms with Crippen LogP contribution in [0.1, 0.15) is 17.2 Å². The van der Waals surface area contributed by atoms with E-state index in [1.54, 1.807) is 13.3 Å². The minimum Gasteiger partial charge on any atom is -0.491 e. The van der Waals surface area contributed by atoms with E-state index in [0.29, 0.717) is 26.3 Å². The van der Waals surface area contributed by atoms with Crippen molar-refractivity contribution < 1.29 is 14.3 Å². The van der Waals surface area contributed by atoms with Gasteiger partial charge in [0.25, 0.3) is 0 Å². The van der Waals surface area contributed by atoms with Crippen LogP contribution >= 0.6 is 12.4 Å². The Kier molecular flexibility index (Phi) is 9.87. The van der Waals surface area contributed by atoms with Crippen LogP contribution in [-0.4, -0.2) is 62.3 Å². The summed E-state index contributed by atoms with van der Waals surface area (Å²) < 4.78 is 10.5. The van der Waals surface area contributed by atoms with Gasteiger partial charge >= 0.3 is 0 Å². The van der Waals surface area contributed by atoms with E-state index < -0.39 is 0 Å². The zero-order valence-electron chi connectivity index (χ0n) is 16.7. The van der Waals surface area contributed by atoms with E-state index in [-0.39, 0.29) is 24.4 Å². The molecule has 1 amide bonds. The third-order valence-electron chi connectivity index (χ3n) is 4.74. The fraction of sp³-hybridized carbons (Fsp3) is 0.429. The fourth-order valence-electron chi connectivity index (χ4n) is 3.22. The van der Waals surface area contributed by atoms with Gasteiger partial charge in [-0.3, -0.25) is 14.7 Å². The number of amides is 1. The van der Waals surface area contributed by atoms with Crippen molar-refractivity contribution in [3.8, 4) is 5.75 Å². The summed E-state index contributed by atoms with van der Waals surface area (Å²) in [6.45, 7) is 4.50. The summed E-state index contributed by atoms with van der Waals surface area (Å²) in [4.78, 5) is 18.9. The van der Waals surface area contributed by atoms with Crippen LogP contribution in [0.5, 0.6) is 5.75 Å². The minimum atomic E-state index is 0. The van der Waals surface area contributed by atoms with Gasteiger partial charge in [0.15, 0.2) is 0 Å². The Balaban J connectivity index is 0.00000300. The Labute approximate surface area is 178 Å². The second-order valence-electron chi connectivity index (χ2n) is 6.74. The highest BCUT2D eigenvalue weighted by Gasteiger charge is 2.25. The number of ether oxygens (including phenoxy) is 2. The van der Waals surface area contributed by atoms with Crippen molar-refractivity contribution in [3.63, 3.8) is 0 Å². The van der Waals surface area contributed by atoms with E-state index >= 15 is 0 Å². The molecule has 1 aromatic heterocycles. The predicted octanol–water partition coefficient (Wildman–Crippen LogP) is 1.79. The second kappa shape index (κ2) is 12.4. The van der Waals surface area contributed by atoms with Crippen molar-refractivity contribution in [2.75, 3.05) is 46.5 Å². The van der Waals surface area contributed by atoms with Gasteiger partial charge in [0.2, 0.25) is 5.91 Å². The molecule has 0 spiro atoms. The van der Waals surface area contributed by atoms with Crippen molar-refractivity contribution in [2.24, 2.45) is 0 Å². The van der Waals surface area contributed by atoms with E-state index in [9.17, 15) is 4.79 Å². The maximum absolute atomic E-state index is 12.5. The van der Waals surface area contributed by atoms with Crippen molar-refractivity contribution >= 4 is 18.3 Å². The third-order valence-corrected chi connectivity index (χ3v) is 4.74. The zero-order chi connectivity index (χ0) is 19.6. The first kappa shape index (κ1) is 23.1. The molecule has 7 nitrogen and oxygen atoms in total. The van der Waals surface area contributed by atoms with Gasteiger partial charge in [-0.05, 0) is 29.3 Å². The number of pyridine rings is 1. The molecule has 0 radical (unpaired) electrons. The molecule has 0 bridgehead atoms. The Morgan fingerprint density at radius 3 is 2.83 bits per heavy atom. The SMILES string of the molecule is COCCOc1ccc(CNC(=O)CN2CCNCC2c2cccnc2)cc1.Cl. The first-order valence-corrected chi connectivity index (χ1v) is 9.58. The van der Waals surface area contributed by atoms with Gasteiger partial charge in [0.05, 0.1) is 13.2 Å². The molecular weight excluding hydrogens is 392 g/mol. The lowest BCUT2D eigenvalue weighted by Gasteiger charge is -2.35. The molecule has 0 saturated carbocycles. The standard InChI is InChI=1S/C21H28N4O3.ClH/c1-27-11-12-28-19-6-4-17(5-7-19)13-24-21(26)16-25-10-9-23-15-20(25)18-3-2-8-22-14-18;/h2-8,14,20,23H,9-13,15-16H2,1H3,(H,24,26);1H. The molecule has 29 heavy (non-hydrogen) atoms. The molecule has 2 heterocycles. The Morgan fingerprint density at radius 2 is 2.10 bits per heavy atom. The molecule has 3 rings (SSSR count). The molecule has 1 unspecified atom stereocenters. The molecule has 2 N–H and O–H groups in total. The summed E-state index contributed by atoms with van der Waals surface area (Å²) in [5.41, 5.74) is 2.17. The number of benzene rings is 1. The minimum absolute atomic E-state index is 0. The van der Waals surface area contributed by atoms with Crippen LogP contribution in [0.15, 0.2) is 48.8 Å². The Bertz CT molecular complexity index is 730. The average Bonchev–Trinajstić information content (AvgIpc) is 2.74. The quantitative estimate of drug-likeness (QED) is 0.602. The molecule has 1 aliphatic heterocycles. The molecule has 1 fully saturated rings. The summed E-state index contributed by atoms with van der Waals surface area (Å²) in [6.07, 6.45) is 3.64. The number of nitrogens with zero attached hydrogens (tertiary/aromatic N) is 2. The highest BCUT2D eigenvalue weighted by atomic mass is 35.5. The van der Waals surface area contributed by atoms with Crippen LogP contribution in [0, 0.1) is 0 Å². The maximum Gasteiger partial charge on any atom is 0.234 e. The number of rotatable bonds is 9. The molecule has 0 aliphatic carbocycles. The normalized spacial score (nSPS) is 16.7. The smallest absolute Gasteiger partial charge is 0.234 e. The molecule has 1 saturated heterocycles. The van der Waals surface area contributed by atoms with Crippen molar-refractivity contribution in [3.05, 3.63) is 59.9 Å². The highest BCUT2D eigenvalue weighted by molar-refractivity contribution is 5.85. The lowest BCUT2D eigenvalue weighted by molar-refractivity contribution is -0.123. The summed E-state index contributed by atoms with van der Waals surface area (Å²) in [6, 6.07) is 11.9. The van der Waals surface area contributed by atoms with E-state index in [2.05, 4.69) is 26.6 Å². The van der Waals surface area contributed by atoms with Crippen LogP contribution in [0.4, 0.5) is 0 Å². The first-order chi connectivity index (χ1) is 13.8. The summed E-state index contributed by atoms with van der Waals surface area (Å²) >= 11 is 0. The monoisotopic (exact) mass is 420 g/mol. The molecular formula is C21H29ClN4O3. The number of aromatic nitrogens is 1. The highest BCUT2D eigenvalue weighted by Crippen LogP contribution is 2.20. The number of carbonyl (C=O) groups excluding carboxylic acids is 1. The predicted molar refractivity (Wildman–Crippen MR) is 114 cm³/mol. The topological polar surface area (TPSA) is 75.7 Å². The van der Waals surface area contributed by atoms with E-state index in [1.807, 2.05) is 36.5 Å². The lowest BCUT2D eigenvalue weighted by atomic mass is 10.1. The number of carbonyl (C=O) groups is 1. The summed E-state index contributed by atoms with van der Waals surface area (Å²) in [7, 11) is 1.65. The number of nitrogens with one attached hydrogen (secondary N) is 2. The van der Waals surface area contributed by atoms with Gasteiger partial charge in [-0.2, -0.15) is 0 Å². The molecule has 2 aromatic rings. The Morgan fingerprint density at radius 1 is 1.28 bits per heavy atom. The van der Waals surface area contributed by atoms with E-state index in [1.165, 1.54) is 0 Å². The van der Waals surface area contributed by atoms with Crippen LogP contribution in [0.25, 0.3) is 0 Å². The number of halogens is 1. The molecule has 1 atom stereocenters. The van der Waals surface area contributed by atoms with Crippen LogP contribution in [-0.2, 0) is 16.1 Å².